The van der Waals surface area contributed by atoms with E-state index in [1.165, 1.54) is 0 Å². The van der Waals surface area contributed by atoms with E-state index in [0.717, 1.165) is 34.0 Å². The highest BCUT2D eigenvalue weighted by Crippen LogP contribution is 2.23. The minimum atomic E-state index is -0.141. The van der Waals surface area contributed by atoms with E-state index >= 15 is 0 Å². The first-order chi connectivity index (χ1) is 14.5. The van der Waals surface area contributed by atoms with Crippen molar-refractivity contribution in [1.82, 2.24) is 15.1 Å². The van der Waals surface area contributed by atoms with Gasteiger partial charge in [-0.2, -0.15) is 5.10 Å². The van der Waals surface area contributed by atoms with Crippen LogP contribution in [0.5, 0.6) is 11.5 Å². The molecule has 0 spiro atoms. The van der Waals surface area contributed by atoms with E-state index < -0.39 is 0 Å². The number of hydrogen-bond donors (Lipinski definition) is 1. The third kappa shape index (κ3) is 5.63. The Kier molecular flexibility index (Phi) is 7.12. The predicted octanol–water partition coefficient (Wildman–Crippen LogP) is 4.01. The third-order valence-electron chi connectivity index (χ3n) is 5.11. The smallest absolute Gasteiger partial charge is 0.222 e. The van der Waals surface area contributed by atoms with Gasteiger partial charge in [0.1, 0.15) is 11.5 Å². The van der Waals surface area contributed by atoms with E-state index in [2.05, 4.69) is 10.4 Å². The Morgan fingerprint density at radius 3 is 2.13 bits per heavy atom. The summed E-state index contributed by atoms with van der Waals surface area (Å²) in [6.07, 6.45) is 1.05. The summed E-state index contributed by atoms with van der Waals surface area (Å²) in [4.78, 5) is 12.7. The van der Waals surface area contributed by atoms with Gasteiger partial charge in [-0.3, -0.25) is 9.48 Å². The summed E-state index contributed by atoms with van der Waals surface area (Å²) in [7, 11) is 3.29. The second-order valence-electron chi connectivity index (χ2n) is 7.35. The molecular weight excluding hydrogens is 378 g/mol. The fraction of sp³-hybridized carbons (Fsp3) is 0.333. The zero-order valence-corrected chi connectivity index (χ0v) is 18.0. The Labute approximate surface area is 177 Å². The highest BCUT2D eigenvalue weighted by Gasteiger charge is 2.16. The monoisotopic (exact) mass is 407 g/mol. The van der Waals surface area contributed by atoms with E-state index in [-0.39, 0.29) is 11.9 Å². The molecule has 2 aromatic carbocycles. The third-order valence-corrected chi connectivity index (χ3v) is 5.11. The zero-order chi connectivity index (χ0) is 21.5. The maximum absolute atomic E-state index is 12.7. The molecule has 3 aromatic rings. The summed E-state index contributed by atoms with van der Waals surface area (Å²) in [5, 5.41) is 7.63. The van der Waals surface area contributed by atoms with Crippen molar-refractivity contribution in [2.45, 2.75) is 39.3 Å². The fourth-order valence-electron chi connectivity index (χ4n) is 3.46. The number of rotatable bonds is 9. The highest BCUT2D eigenvalue weighted by molar-refractivity contribution is 5.76. The van der Waals surface area contributed by atoms with Crippen molar-refractivity contribution in [3.63, 3.8) is 0 Å². The molecule has 0 aliphatic rings. The van der Waals surface area contributed by atoms with Crippen LogP contribution in [0.4, 0.5) is 0 Å². The number of hydrogen-bond acceptors (Lipinski definition) is 4. The molecule has 1 aromatic heterocycles. The molecule has 0 aliphatic carbocycles. The lowest BCUT2D eigenvalue weighted by atomic mass is 9.98. The molecule has 6 nitrogen and oxygen atoms in total. The predicted molar refractivity (Wildman–Crippen MR) is 117 cm³/mol. The average molecular weight is 408 g/mol. The number of ether oxygens (including phenoxy) is 2. The molecule has 1 atom stereocenters. The van der Waals surface area contributed by atoms with Crippen molar-refractivity contribution in [3.05, 3.63) is 77.1 Å². The number of nitrogens with one attached hydrogen (secondary N) is 1. The van der Waals surface area contributed by atoms with Crippen LogP contribution in [0.2, 0.25) is 0 Å². The molecule has 1 N–H and O–H groups in total. The number of aryl methyl sites for hydroxylation is 3. The molecule has 158 valence electrons. The average Bonchev–Trinajstić information content (AvgIpc) is 3.09. The number of methoxy groups -OCH3 is 2. The topological polar surface area (TPSA) is 65.4 Å². The van der Waals surface area contributed by atoms with Gasteiger partial charge in [-0.15, -0.1) is 0 Å². The molecule has 30 heavy (non-hydrogen) atoms. The van der Waals surface area contributed by atoms with Crippen LogP contribution in [0, 0.1) is 13.8 Å². The van der Waals surface area contributed by atoms with Crippen LogP contribution in [0.3, 0.4) is 0 Å². The van der Waals surface area contributed by atoms with Gasteiger partial charge in [-0.05, 0) is 61.7 Å². The van der Waals surface area contributed by atoms with Crippen LogP contribution in [0.1, 0.15) is 35.0 Å². The van der Waals surface area contributed by atoms with Gasteiger partial charge in [0.2, 0.25) is 5.91 Å². The summed E-state index contributed by atoms with van der Waals surface area (Å²) in [5.41, 5.74) is 4.18. The van der Waals surface area contributed by atoms with Crippen molar-refractivity contribution in [2.75, 3.05) is 14.2 Å². The van der Waals surface area contributed by atoms with E-state index in [9.17, 15) is 4.79 Å². The Balaban J connectivity index is 1.71. The van der Waals surface area contributed by atoms with Gasteiger partial charge in [0.25, 0.3) is 0 Å². The van der Waals surface area contributed by atoms with Crippen molar-refractivity contribution in [3.8, 4) is 11.5 Å². The molecule has 0 radical (unpaired) electrons. The Bertz CT molecular complexity index is 962. The number of aromatic nitrogens is 2. The molecule has 0 saturated heterocycles. The van der Waals surface area contributed by atoms with E-state index in [1.807, 2.05) is 73.1 Å². The molecule has 6 heteroatoms. The summed E-state index contributed by atoms with van der Waals surface area (Å²) in [5.74, 6) is 1.60. The first-order valence-electron chi connectivity index (χ1n) is 10.1. The first-order valence-corrected chi connectivity index (χ1v) is 10.1. The Hall–Kier alpha value is -3.28. The number of carbonyl (C=O) groups is 1. The lowest BCUT2D eigenvalue weighted by Crippen LogP contribution is -2.30. The summed E-state index contributed by atoms with van der Waals surface area (Å²) in [6.45, 7) is 4.52. The van der Waals surface area contributed by atoms with Gasteiger partial charge in [0, 0.05) is 18.7 Å². The van der Waals surface area contributed by atoms with Crippen LogP contribution in [-0.4, -0.2) is 29.9 Å². The zero-order valence-electron chi connectivity index (χ0n) is 18.0. The summed E-state index contributed by atoms with van der Waals surface area (Å²) >= 11 is 0. The number of benzene rings is 2. The second-order valence-corrected chi connectivity index (χ2v) is 7.35. The highest BCUT2D eigenvalue weighted by atomic mass is 16.5. The van der Waals surface area contributed by atoms with Crippen LogP contribution in [0.15, 0.2) is 54.6 Å². The van der Waals surface area contributed by atoms with Gasteiger partial charge in [0.15, 0.2) is 0 Å². The molecule has 0 saturated carbocycles. The standard InChI is InChI=1S/C24H29N3O3/c1-17-15-18(2)27(26-17)14-13-24(28)25-23(20-7-11-22(30-4)12-8-20)16-19-5-9-21(29-3)10-6-19/h5-12,15,23H,13-14,16H2,1-4H3,(H,25,28). The van der Waals surface area contributed by atoms with Gasteiger partial charge in [-0.1, -0.05) is 24.3 Å². The lowest BCUT2D eigenvalue weighted by Gasteiger charge is -2.20. The molecule has 1 heterocycles. The Morgan fingerprint density at radius 2 is 1.60 bits per heavy atom. The van der Waals surface area contributed by atoms with Crippen molar-refractivity contribution >= 4 is 5.91 Å². The maximum atomic E-state index is 12.7. The van der Waals surface area contributed by atoms with Crippen molar-refractivity contribution < 1.29 is 14.3 Å². The van der Waals surface area contributed by atoms with Gasteiger partial charge < -0.3 is 14.8 Å². The number of amides is 1. The minimum absolute atomic E-state index is 0.00289. The van der Waals surface area contributed by atoms with Gasteiger partial charge in [0.05, 0.1) is 26.0 Å². The van der Waals surface area contributed by atoms with Crippen LogP contribution < -0.4 is 14.8 Å². The molecule has 1 unspecified atom stereocenters. The van der Waals surface area contributed by atoms with Gasteiger partial charge >= 0.3 is 0 Å². The maximum Gasteiger partial charge on any atom is 0.222 e. The van der Waals surface area contributed by atoms with E-state index in [1.54, 1.807) is 14.2 Å². The largest absolute Gasteiger partial charge is 0.497 e. The van der Waals surface area contributed by atoms with Crippen molar-refractivity contribution in [2.24, 2.45) is 0 Å². The second kappa shape index (κ2) is 9.96. The van der Waals surface area contributed by atoms with Crippen LogP contribution >= 0.6 is 0 Å². The molecule has 3 rings (SSSR count). The normalized spacial score (nSPS) is 11.7. The minimum Gasteiger partial charge on any atom is -0.497 e. The number of carbonyl (C=O) groups excluding carboxylic acids is 1. The SMILES string of the molecule is COc1ccc(CC(NC(=O)CCn2nc(C)cc2C)c2ccc(OC)cc2)cc1. The molecule has 1 amide bonds. The Morgan fingerprint density at radius 1 is 1.00 bits per heavy atom. The van der Waals surface area contributed by atoms with Crippen LogP contribution in [0.25, 0.3) is 0 Å². The van der Waals surface area contributed by atoms with Gasteiger partial charge in [-0.25, -0.2) is 0 Å². The summed E-state index contributed by atoms with van der Waals surface area (Å²) in [6, 6.07) is 17.6. The first kappa shape index (κ1) is 21.4. The van der Waals surface area contributed by atoms with Crippen LogP contribution in [-0.2, 0) is 17.8 Å². The molecule has 0 aliphatic heterocycles. The number of nitrogens with zero attached hydrogens (tertiary/aromatic N) is 2. The quantitative estimate of drug-likeness (QED) is 0.582. The van der Waals surface area contributed by atoms with E-state index in [4.69, 9.17) is 9.47 Å². The fourth-order valence-corrected chi connectivity index (χ4v) is 3.46. The molecule has 0 bridgehead atoms. The van der Waals surface area contributed by atoms with E-state index in [0.29, 0.717) is 19.4 Å². The lowest BCUT2D eigenvalue weighted by molar-refractivity contribution is -0.122. The summed E-state index contributed by atoms with van der Waals surface area (Å²) < 4.78 is 12.4. The molecule has 0 fully saturated rings. The molecular formula is C24H29N3O3. The van der Waals surface area contributed by atoms with Crippen molar-refractivity contribution in [1.29, 1.82) is 0 Å².